The van der Waals surface area contributed by atoms with Crippen molar-refractivity contribution in [1.82, 2.24) is 5.32 Å². The molecule has 45 heavy (non-hydrogen) atoms. The van der Waals surface area contributed by atoms with E-state index in [1.807, 2.05) is 22.6 Å². The molecular formula is C29H29F9IN3O3. The van der Waals surface area contributed by atoms with E-state index in [9.17, 15) is 44.3 Å². The molecule has 2 aliphatic heterocycles. The van der Waals surface area contributed by atoms with Crippen LogP contribution in [0.5, 0.6) is 0 Å². The summed E-state index contributed by atoms with van der Waals surface area (Å²) in [5.41, 5.74) is -3.61. The highest BCUT2D eigenvalue weighted by molar-refractivity contribution is 14.1. The van der Waals surface area contributed by atoms with E-state index in [1.54, 1.807) is 13.8 Å². The van der Waals surface area contributed by atoms with Crippen LogP contribution in [0.4, 0.5) is 50.0 Å². The van der Waals surface area contributed by atoms with Gasteiger partial charge in [-0.05, 0) is 68.1 Å². The van der Waals surface area contributed by atoms with E-state index in [-0.39, 0.29) is 55.0 Å². The number of aliphatic imine (C=N–C) groups is 1. The van der Waals surface area contributed by atoms with E-state index in [0.717, 1.165) is 12.1 Å². The van der Waals surface area contributed by atoms with E-state index in [0.29, 0.717) is 23.0 Å². The van der Waals surface area contributed by atoms with Crippen LogP contribution in [-0.2, 0) is 34.4 Å². The number of amidine groups is 1. The van der Waals surface area contributed by atoms with Gasteiger partial charge in [-0.25, -0.2) is 9.79 Å². The third kappa shape index (κ3) is 8.09. The van der Waals surface area contributed by atoms with Crippen molar-refractivity contribution in [2.45, 2.75) is 69.8 Å². The molecule has 2 heterocycles. The topological polar surface area (TPSA) is 63.2 Å². The summed E-state index contributed by atoms with van der Waals surface area (Å²) < 4.78 is 133. The van der Waals surface area contributed by atoms with Gasteiger partial charge in [-0.2, -0.15) is 39.5 Å². The normalized spacial score (nSPS) is 23.3. The molecular weight excluding hydrogens is 736 g/mol. The number of hydrogen-bond acceptors (Lipinski definition) is 4. The molecule has 2 aromatic rings. The minimum Gasteiger partial charge on any atom is -0.465 e. The minimum absolute atomic E-state index is 0.0271. The number of rotatable bonds is 6. The SMILES string of the molecule is CCOC(=O)N1c2ccc(C(F)(F)F)cc2[C@@H](N=C2NC(CI)C(Cc3cc(C(F)(F)F)cc(C(F)(F)F)c3)CO2)C[C@H]1CC. The number of fused-ring (bicyclic) bond motifs is 1. The molecule has 2 aromatic carbocycles. The van der Waals surface area contributed by atoms with Gasteiger partial charge in [0.2, 0.25) is 0 Å². The van der Waals surface area contributed by atoms with E-state index in [2.05, 4.69) is 10.3 Å². The largest absolute Gasteiger partial charge is 0.465 e. The van der Waals surface area contributed by atoms with Gasteiger partial charge in [-0.1, -0.05) is 29.5 Å². The zero-order valence-corrected chi connectivity index (χ0v) is 26.1. The summed E-state index contributed by atoms with van der Waals surface area (Å²) >= 11 is 2.01. The highest BCUT2D eigenvalue weighted by Gasteiger charge is 2.41. The lowest BCUT2D eigenvalue weighted by Crippen LogP contribution is -2.51. The maximum Gasteiger partial charge on any atom is 0.416 e. The third-order valence-corrected chi connectivity index (χ3v) is 8.62. The number of hydrogen-bond donors (Lipinski definition) is 1. The first-order chi connectivity index (χ1) is 21.0. The van der Waals surface area contributed by atoms with Crippen LogP contribution in [-0.4, -0.2) is 41.8 Å². The average Bonchev–Trinajstić information content (AvgIpc) is 2.96. The predicted molar refractivity (Wildman–Crippen MR) is 155 cm³/mol. The molecule has 1 saturated heterocycles. The second-order valence-electron chi connectivity index (χ2n) is 10.7. The molecule has 0 saturated carbocycles. The van der Waals surface area contributed by atoms with Crippen molar-refractivity contribution in [3.63, 3.8) is 0 Å². The van der Waals surface area contributed by atoms with Gasteiger partial charge in [0, 0.05) is 28.0 Å². The Morgan fingerprint density at radius 1 is 0.978 bits per heavy atom. The number of amides is 1. The summed E-state index contributed by atoms with van der Waals surface area (Å²) in [7, 11) is 0. The van der Waals surface area contributed by atoms with E-state index in [1.165, 1.54) is 11.0 Å². The highest BCUT2D eigenvalue weighted by Crippen LogP contribution is 2.44. The Kier molecular flexibility index (Phi) is 10.4. The minimum atomic E-state index is -4.98. The molecule has 0 aromatic heterocycles. The first kappa shape index (κ1) is 34.9. The quantitative estimate of drug-likeness (QED) is 0.182. The van der Waals surface area contributed by atoms with Crippen LogP contribution in [0.1, 0.15) is 60.5 Å². The molecule has 4 atom stereocenters. The van der Waals surface area contributed by atoms with Gasteiger partial charge >= 0.3 is 24.6 Å². The number of alkyl halides is 10. The first-order valence-electron chi connectivity index (χ1n) is 13.9. The summed E-state index contributed by atoms with van der Waals surface area (Å²) in [6.07, 6.45) is -14.9. The van der Waals surface area contributed by atoms with Crippen LogP contribution < -0.4 is 10.2 Å². The number of anilines is 1. The molecule has 0 spiro atoms. The smallest absolute Gasteiger partial charge is 0.416 e. The van der Waals surface area contributed by atoms with Crippen LogP contribution in [0.3, 0.4) is 0 Å². The predicted octanol–water partition coefficient (Wildman–Crippen LogP) is 8.57. The van der Waals surface area contributed by atoms with Crippen molar-refractivity contribution in [3.05, 3.63) is 64.2 Å². The van der Waals surface area contributed by atoms with E-state index < -0.39 is 65.4 Å². The maximum absolute atomic E-state index is 13.7. The lowest BCUT2D eigenvalue weighted by Gasteiger charge is -2.39. The Morgan fingerprint density at radius 3 is 2.13 bits per heavy atom. The number of ether oxygens (including phenoxy) is 2. The second-order valence-corrected chi connectivity index (χ2v) is 11.6. The lowest BCUT2D eigenvalue weighted by molar-refractivity contribution is -0.143. The van der Waals surface area contributed by atoms with Gasteiger partial charge in [-0.15, -0.1) is 0 Å². The van der Waals surface area contributed by atoms with Crippen LogP contribution in [0.15, 0.2) is 41.4 Å². The van der Waals surface area contributed by atoms with Gasteiger partial charge in [0.05, 0.1) is 41.6 Å². The molecule has 6 nitrogen and oxygen atoms in total. The monoisotopic (exact) mass is 765 g/mol. The van der Waals surface area contributed by atoms with Crippen LogP contribution in [0, 0.1) is 5.92 Å². The summed E-state index contributed by atoms with van der Waals surface area (Å²) in [5, 5.41) is 3.02. The number of carbonyl (C=O) groups excluding carboxylic acids is 1. The highest BCUT2D eigenvalue weighted by atomic mass is 127. The van der Waals surface area contributed by atoms with Gasteiger partial charge in [0.25, 0.3) is 6.02 Å². The number of benzene rings is 2. The fourth-order valence-electron chi connectivity index (χ4n) is 5.46. The Labute approximate surface area is 266 Å². The lowest BCUT2D eigenvalue weighted by atomic mass is 9.89. The summed E-state index contributed by atoms with van der Waals surface area (Å²) in [6.45, 7) is 3.35. The average molecular weight is 765 g/mol. The Balaban J connectivity index is 1.64. The summed E-state index contributed by atoms with van der Waals surface area (Å²) in [6, 6.07) is 2.57. The molecule has 0 bridgehead atoms. The standard InChI is InChI=1S/C29H29F9IN3O3/c1-3-20-12-22(21-11-17(27(30,31)32)5-6-24(21)42(20)26(43)44-4-2)40-25-41-23(13-39)16(14-45-25)7-15-8-18(28(33,34)35)10-19(9-15)29(36,37)38/h5-6,8-11,16,20,22-23H,3-4,7,12-14H2,1-2H3,(H,40,41)/t16?,20-,22+,23?/m1/s1. The van der Waals surface area contributed by atoms with Gasteiger partial charge in [0.15, 0.2) is 0 Å². The molecule has 4 rings (SSSR count). The summed E-state index contributed by atoms with van der Waals surface area (Å²) in [5.74, 6) is -0.552. The summed E-state index contributed by atoms with van der Waals surface area (Å²) in [4.78, 5) is 18.7. The van der Waals surface area contributed by atoms with Crippen molar-refractivity contribution < 1.29 is 53.8 Å². The number of nitrogens with one attached hydrogen (secondary N) is 1. The van der Waals surface area contributed by atoms with E-state index in [4.69, 9.17) is 9.47 Å². The van der Waals surface area contributed by atoms with Crippen LogP contribution in [0.25, 0.3) is 0 Å². The number of nitrogens with zero attached hydrogens (tertiary/aromatic N) is 2. The molecule has 2 aliphatic rings. The fourth-order valence-corrected chi connectivity index (χ4v) is 6.40. The molecule has 0 aliphatic carbocycles. The van der Waals surface area contributed by atoms with Gasteiger partial charge in [-0.3, -0.25) is 4.90 Å². The Morgan fingerprint density at radius 2 is 1.60 bits per heavy atom. The maximum atomic E-state index is 13.7. The zero-order chi connectivity index (χ0) is 33.3. The van der Waals surface area contributed by atoms with Crippen molar-refractivity contribution in [2.24, 2.45) is 10.9 Å². The first-order valence-corrected chi connectivity index (χ1v) is 15.5. The van der Waals surface area contributed by atoms with Crippen molar-refractivity contribution in [3.8, 4) is 0 Å². The number of carbonyl (C=O) groups is 1. The zero-order valence-electron chi connectivity index (χ0n) is 23.9. The second kappa shape index (κ2) is 13.4. The molecule has 1 amide bonds. The van der Waals surface area contributed by atoms with E-state index >= 15 is 0 Å². The molecule has 2 unspecified atom stereocenters. The Hall–Kier alpha value is -2.92. The van der Waals surface area contributed by atoms with Crippen molar-refractivity contribution in [1.29, 1.82) is 0 Å². The van der Waals surface area contributed by atoms with Crippen LogP contribution in [0.2, 0.25) is 0 Å². The number of halogens is 10. The molecule has 0 radical (unpaired) electrons. The van der Waals surface area contributed by atoms with Crippen molar-refractivity contribution in [2.75, 3.05) is 22.5 Å². The fraction of sp³-hybridized carbons (Fsp3) is 0.517. The molecule has 16 heteroatoms. The van der Waals surface area contributed by atoms with Gasteiger partial charge < -0.3 is 14.8 Å². The van der Waals surface area contributed by atoms with Crippen molar-refractivity contribution >= 4 is 40.4 Å². The van der Waals surface area contributed by atoms with Gasteiger partial charge in [0.1, 0.15) is 0 Å². The van der Waals surface area contributed by atoms with Crippen LogP contribution >= 0.6 is 22.6 Å². The molecule has 1 N–H and O–H groups in total. The Bertz CT molecular complexity index is 1380. The molecule has 248 valence electrons. The molecule has 1 fully saturated rings. The third-order valence-electron chi connectivity index (χ3n) is 7.67.